The molecule has 0 saturated carbocycles. The molecule has 2 aromatic carbocycles. The van der Waals surface area contributed by atoms with E-state index in [4.69, 9.17) is 11.6 Å². The van der Waals surface area contributed by atoms with Crippen LogP contribution in [0, 0.1) is 12.7 Å². The topological polar surface area (TPSA) is 72.7 Å². The van der Waals surface area contributed by atoms with E-state index in [1.165, 1.54) is 11.3 Å². The number of hydrogen-bond donors (Lipinski definition) is 1. The third-order valence-corrected chi connectivity index (χ3v) is 5.81. The molecule has 0 atom stereocenters. The fraction of sp³-hybridized carbons (Fsp3) is 0.143. The molecule has 4 rings (SSSR count). The molecule has 4 aromatic rings. The van der Waals surface area contributed by atoms with Crippen LogP contribution in [0.15, 0.2) is 48.5 Å². The average molecular weight is 496 g/mol. The van der Waals surface area contributed by atoms with Gasteiger partial charge in [-0.05, 0) is 43.3 Å². The van der Waals surface area contributed by atoms with Gasteiger partial charge in [-0.25, -0.2) is 14.1 Å². The lowest BCUT2D eigenvalue weighted by Gasteiger charge is -2.11. The molecule has 0 saturated heterocycles. The number of nitrogens with zero attached hydrogens (tertiary/aromatic N) is 4. The summed E-state index contributed by atoms with van der Waals surface area (Å²) in [5.41, 5.74) is -0.813. The van der Waals surface area contributed by atoms with Crippen molar-refractivity contribution in [3.63, 3.8) is 0 Å². The van der Waals surface area contributed by atoms with E-state index in [0.29, 0.717) is 20.4 Å². The fourth-order valence-electron chi connectivity index (χ4n) is 3.09. The van der Waals surface area contributed by atoms with E-state index in [1.807, 2.05) is 6.92 Å². The van der Waals surface area contributed by atoms with Crippen LogP contribution < -0.4 is 5.32 Å². The average Bonchev–Trinajstić information content (AvgIpc) is 3.37. The van der Waals surface area contributed by atoms with Crippen LogP contribution >= 0.6 is 22.9 Å². The zero-order valence-corrected chi connectivity index (χ0v) is 18.4. The van der Waals surface area contributed by atoms with Gasteiger partial charge >= 0.3 is 6.18 Å². The standard InChI is InChI=1S/C21H14ClF4N5OS/c1-11-17(12-2-4-13(22)5-3-12)28-16(33-11)10-27-20(32)18-19(21(24,25)26)31(30-29-18)15-8-6-14(23)7-9-15/h2-9H,10H2,1H3,(H,27,32). The first-order chi connectivity index (χ1) is 15.6. The molecule has 0 radical (unpaired) electrons. The molecule has 12 heteroatoms. The number of carbonyl (C=O) groups excluding carboxylic acids is 1. The monoisotopic (exact) mass is 495 g/mol. The lowest BCUT2D eigenvalue weighted by atomic mass is 10.1. The second-order valence-corrected chi connectivity index (χ2v) is 8.60. The highest BCUT2D eigenvalue weighted by Crippen LogP contribution is 2.33. The van der Waals surface area contributed by atoms with E-state index in [-0.39, 0.29) is 12.2 Å². The Hall–Kier alpha value is -3.31. The molecule has 170 valence electrons. The van der Waals surface area contributed by atoms with Crippen LogP contribution in [-0.2, 0) is 12.7 Å². The highest BCUT2D eigenvalue weighted by atomic mass is 35.5. The Balaban J connectivity index is 1.56. The normalized spacial score (nSPS) is 11.6. The molecule has 2 aromatic heterocycles. The van der Waals surface area contributed by atoms with Crippen molar-refractivity contribution >= 4 is 28.8 Å². The van der Waals surface area contributed by atoms with E-state index in [0.717, 1.165) is 34.7 Å². The number of rotatable bonds is 5. The van der Waals surface area contributed by atoms with Crippen molar-refractivity contribution in [1.82, 2.24) is 25.3 Å². The Morgan fingerprint density at radius 3 is 2.42 bits per heavy atom. The largest absolute Gasteiger partial charge is 0.435 e. The minimum absolute atomic E-state index is 0.0848. The van der Waals surface area contributed by atoms with Gasteiger partial charge in [0.25, 0.3) is 5.91 Å². The van der Waals surface area contributed by atoms with Crippen molar-refractivity contribution in [2.75, 3.05) is 0 Å². The van der Waals surface area contributed by atoms with Gasteiger partial charge in [-0.15, -0.1) is 16.4 Å². The summed E-state index contributed by atoms with van der Waals surface area (Å²) in [6.07, 6.45) is -4.93. The number of nitrogens with one attached hydrogen (secondary N) is 1. The molecule has 0 aliphatic rings. The van der Waals surface area contributed by atoms with Gasteiger partial charge in [-0.3, -0.25) is 4.79 Å². The van der Waals surface area contributed by atoms with Crippen LogP contribution in [0.3, 0.4) is 0 Å². The number of hydrogen-bond acceptors (Lipinski definition) is 5. The van der Waals surface area contributed by atoms with Gasteiger partial charge in [0, 0.05) is 15.5 Å². The van der Waals surface area contributed by atoms with E-state index in [9.17, 15) is 22.4 Å². The summed E-state index contributed by atoms with van der Waals surface area (Å²) in [6, 6.07) is 11.2. The molecule has 2 heterocycles. The summed E-state index contributed by atoms with van der Waals surface area (Å²) in [4.78, 5) is 17.9. The van der Waals surface area contributed by atoms with E-state index in [2.05, 4.69) is 20.6 Å². The molecule has 0 fully saturated rings. The van der Waals surface area contributed by atoms with Crippen molar-refractivity contribution in [1.29, 1.82) is 0 Å². The summed E-state index contributed by atoms with van der Waals surface area (Å²) in [5, 5.41) is 10.4. The summed E-state index contributed by atoms with van der Waals surface area (Å²) < 4.78 is 54.8. The van der Waals surface area contributed by atoms with Crippen molar-refractivity contribution in [3.8, 4) is 16.9 Å². The van der Waals surface area contributed by atoms with Gasteiger partial charge in [0.2, 0.25) is 0 Å². The minimum atomic E-state index is -4.93. The lowest BCUT2D eigenvalue weighted by Crippen LogP contribution is -2.27. The second-order valence-electron chi connectivity index (χ2n) is 6.87. The molecular formula is C21H14ClF4N5OS. The van der Waals surface area contributed by atoms with Crippen LogP contribution in [0.1, 0.15) is 26.1 Å². The molecule has 0 bridgehead atoms. The summed E-state index contributed by atoms with van der Waals surface area (Å²) in [6.45, 7) is 1.75. The molecule has 1 amide bonds. The maximum absolute atomic E-state index is 13.7. The first-order valence-electron chi connectivity index (χ1n) is 9.43. The van der Waals surface area contributed by atoms with Crippen LogP contribution in [0.5, 0.6) is 0 Å². The third kappa shape index (κ3) is 4.88. The van der Waals surface area contributed by atoms with E-state index >= 15 is 0 Å². The number of thiazole rings is 1. The summed E-state index contributed by atoms with van der Waals surface area (Å²) in [5.74, 6) is -1.68. The Bertz CT molecular complexity index is 1300. The Morgan fingerprint density at radius 1 is 1.12 bits per heavy atom. The number of aromatic nitrogens is 4. The highest BCUT2D eigenvalue weighted by molar-refractivity contribution is 7.12. The van der Waals surface area contributed by atoms with Crippen LogP contribution in [0.25, 0.3) is 16.9 Å². The van der Waals surface area contributed by atoms with Crippen molar-refractivity contribution in [2.45, 2.75) is 19.6 Å². The lowest BCUT2D eigenvalue weighted by molar-refractivity contribution is -0.143. The number of amides is 1. The highest BCUT2D eigenvalue weighted by Gasteiger charge is 2.42. The minimum Gasteiger partial charge on any atom is -0.344 e. The number of halogens is 5. The molecule has 0 aliphatic heterocycles. The molecule has 33 heavy (non-hydrogen) atoms. The van der Waals surface area contributed by atoms with Crippen LogP contribution in [0.4, 0.5) is 17.6 Å². The van der Waals surface area contributed by atoms with Crippen molar-refractivity contribution in [3.05, 3.63) is 80.6 Å². The van der Waals surface area contributed by atoms with E-state index < -0.39 is 29.3 Å². The van der Waals surface area contributed by atoms with Gasteiger partial charge in [-0.1, -0.05) is 28.9 Å². The smallest absolute Gasteiger partial charge is 0.344 e. The molecule has 0 spiro atoms. The Kier molecular flexibility index (Phi) is 6.17. The number of alkyl halides is 3. The summed E-state index contributed by atoms with van der Waals surface area (Å²) in [7, 11) is 0. The maximum atomic E-state index is 13.7. The molecular weight excluding hydrogens is 482 g/mol. The summed E-state index contributed by atoms with van der Waals surface area (Å²) >= 11 is 7.21. The molecule has 0 aliphatic carbocycles. The second kappa shape index (κ2) is 8.91. The molecule has 0 unspecified atom stereocenters. The van der Waals surface area contributed by atoms with Crippen LogP contribution in [0.2, 0.25) is 5.02 Å². The number of aryl methyl sites for hydroxylation is 1. The Labute approximate surface area is 193 Å². The van der Waals surface area contributed by atoms with Gasteiger partial charge in [-0.2, -0.15) is 13.2 Å². The van der Waals surface area contributed by atoms with Gasteiger partial charge in [0.05, 0.1) is 17.9 Å². The van der Waals surface area contributed by atoms with Crippen LogP contribution in [-0.4, -0.2) is 25.9 Å². The van der Waals surface area contributed by atoms with E-state index in [1.54, 1.807) is 24.3 Å². The predicted octanol–water partition coefficient (Wildman–Crippen LogP) is 5.44. The number of benzene rings is 2. The fourth-order valence-corrected chi connectivity index (χ4v) is 4.12. The first-order valence-corrected chi connectivity index (χ1v) is 10.6. The van der Waals surface area contributed by atoms with Crippen molar-refractivity contribution < 1.29 is 22.4 Å². The quantitative estimate of drug-likeness (QED) is 0.374. The predicted molar refractivity (Wildman–Crippen MR) is 115 cm³/mol. The zero-order valence-electron chi connectivity index (χ0n) is 16.8. The van der Waals surface area contributed by atoms with Crippen molar-refractivity contribution in [2.24, 2.45) is 0 Å². The maximum Gasteiger partial charge on any atom is 0.435 e. The Morgan fingerprint density at radius 2 is 1.79 bits per heavy atom. The van der Waals surface area contributed by atoms with Gasteiger partial charge in [0.15, 0.2) is 11.4 Å². The van der Waals surface area contributed by atoms with Gasteiger partial charge < -0.3 is 5.32 Å². The molecule has 1 N–H and O–H groups in total. The SMILES string of the molecule is Cc1sc(CNC(=O)c2nnn(-c3ccc(F)cc3)c2C(F)(F)F)nc1-c1ccc(Cl)cc1. The first kappa shape index (κ1) is 22.9. The molecule has 6 nitrogen and oxygen atoms in total. The van der Waals surface area contributed by atoms with Gasteiger partial charge in [0.1, 0.15) is 10.8 Å². The zero-order chi connectivity index (χ0) is 23.8. The number of carbonyl (C=O) groups is 1. The third-order valence-electron chi connectivity index (χ3n) is 4.58.